The lowest BCUT2D eigenvalue weighted by Crippen LogP contribution is -2.02. The monoisotopic (exact) mass is 426 g/mol. The van der Waals surface area contributed by atoms with Gasteiger partial charge in [-0.25, -0.2) is 4.42 Å². The molecule has 0 atom stereocenters. The molecule has 9 heteroatoms. The zero-order chi connectivity index (χ0) is 21.4. The third kappa shape index (κ3) is 7.34. The van der Waals surface area contributed by atoms with Crippen LogP contribution < -0.4 is 9.47 Å². The Morgan fingerprint density at radius 3 is 1.34 bits per heavy atom. The molecular weight excluding hydrogens is 407 g/mol. The summed E-state index contributed by atoms with van der Waals surface area (Å²) in [5, 5.41) is 0. The molecule has 3 nitrogen and oxygen atoms in total. The first-order chi connectivity index (χ1) is 13.7. The highest BCUT2D eigenvalue weighted by molar-refractivity contribution is 7.98. The van der Waals surface area contributed by atoms with E-state index in [1.807, 2.05) is 48.5 Å². The highest BCUT2D eigenvalue weighted by Crippen LogP contribution is 2.33. The first kappa shape index (κ1) is 22.6. The van der Waals surface area contributed by atoms with E-state index in [-0.39, 0.29) is 0 Å². The lowest BCUT2D eigenvalue weighted by Gasteiger charge is -2.01. The van der Waals surface area contributed by atoms with Gasteiger partial charge in [-0.1, -0.05) is 0 Å². The molecule has 3 aromatic rings. The van der Waals surface area contributed by atoms with E-state index in [1.165, 1.54) is 0 Å². The molecule has 154 valence electrons. The second-order valence-corrected chi connectivity index (χ2v) is 6.56. The van der Waals surface area contributed by atoms with Crippen molar-refractivity contribution in [2.24, 2.45) is 0 Å². The van der Waals surface area contributed by atoms with Crippen LogP contribution in [-0.2, 0) is 0 Å². The molecule has 0 saturated heterocycles. The van der Waals surface area contributed by atoms with Gasteiger partial charge in [0.25, 0.3) is 0 Å². The molecule has 3 rings (SSSR count). The van der Waals surface area contributed by atoms with Gasteiger partial charge in [-0.3, -0.25) is 0 Å². The number of rotatable bonds is 5. The van der Waals surface area contributed by atoms with Gasteiger partial charge in [-0.2, -0.15) is 0 Å². The molecule has 0 N–H and O–H groups in total. The van der Waals surface area contributed by atoms with Gasteiger partial charge >= 0.3 is 18.8 Å². The zero-order valence-corrected chi connectivity index (χ0v) is 16.8. The summed E-state index contributed by atoms with van der Waals surface area (Å²) in [6.07, 6.45) is 2.06. The minimum Gasteiger partial charge on any atom is -0.497 e. The molecule has 1 heterocycles. The van der Waals surface area contributed by atoms with Gasteiger partial charge in [0.05, 0.1) is 37.5 Å². The molecular formula is C20H19BF4O3S. The third-order valence-electron chi connectivity index (χ3n) is 3.75. The van der Waals surface area contributed by atoms with Crippen LogP contribution in [0.1, 0.15) is 0 Å². The first-order valence-corrected chi connectivity index (χ1v) is 9.64. The molecule has 0 spiro atoms. The minimum atomic E-state index is -6.00. The smallest absolute Gasteiger partial charge is 0.497 e. The molecule has 0 unspecified atom stereocenters. The number of benzene rings is 2. The van der Waals surface area contributed by atoms with E-state index in [0.717, 1.165) is 39.0 Å². The van der Waals surface area contributed by atoms with Crippen molar-refractivity contribution in [1.29, 1.82) is 0 Å². The predicted octanol–water partition coefficient (Wildman–Crippen LogP) is 6.93. The van der Waals surface area contributed by atoms with Crippen LogP contribution in [0.2, 0.25) is 0 Å². The largest absolute Gasteiger partial charge is 0.673 e. The molecule has 2 aromatic carbocycles. The average molecular weight is 426 g/mol. The summed E-state index contributed by atoms with van der Waals surface area (Å²) >= 11 is 1.69. The van der Waals surface area contributed by atoms with Crippen LogP contribution in [0.4, 0.5) is 17.3 Å². The van der Waals surface area contributed by atoms with Crippen LogP contribution in [0, 0.1) is 0 Å². The average Bonchev–Trinajstić information content (AvgIpc) is 2.72. The van der Waals surface area contributed by atoms with E-state index in [0.29, 0.717) is 0 Å². The Bertz CT molecular complexity index is 845. The van der Waals surface area contributed by atoms with Crippen LogP contribution in [0.3, 0.4) is 0 Å². The van der Waals surface area contributed by atoms with Gasteiger partial charge in [0.1, 0.15) is 11.5 Å². The van der Waals surface area contributed by atoms with Crippen molar-refractivity contribution in [3.05, 3.63) is 60.7 Å². The standard InChI is InChI=1S/C20H19O3S.BF4/c1-21-16-8-4-14(5-9-16)19-12-18(24-3)13-20(23-19)15-6-10-17(22-2)11-7-15;2-1(3,4)5/h4-13H,1-3H3;/q+1;-1. The zero-order valence-electron chi connectivity index (χ0n) is 16.0. The molecule has 0 aliphatic heterocycles. The maximum absolute atomic E-state index is 9.75. The quantitative estimate of drug-likeness (QED) is 0.191. The van der Waals surface area contributed by atoms with Gasteiger partial charge in [-0.05, 0) is 54.8 Å². The van der Waals surface area contributed by atoms with Crippen molar-refractivity contribution < 1.29 is 31.2 Å². The van der Waals surface area contributed by atoms with E-state index in [9.17, 15) is 17.3 Å². The van der Waals surface area contributed by atoms with Crippen molar-refractivity contribution in [3.63, 3.8) is 0 Å². The first-order valence-electron chi connectivity index (χ1n) is 8.42. The van der Waals surface area contributed by atoms with Gasteiger partial charge in [0, 0.05) is 4.90 Å². The fourth-order valence-corrected chi connectivity index (χ4v) is 2.84. The van der Waals surface area contributed by atoms with Crippen LogP contribution in [0.25, 0.3) is 22.6 Å². The second-order valence-electron chi connectivity index (χ2n) is 5.68. The third-order valence-corrected chi connectivity index (χ3v) is 4.46. The highest BCUT2D eigenvalue weighted by atomic mass is 32.2. The summed E-state index contributed by atoms with van der Waals surface area (Å²) in [6, 6.07) is 19.8. The molecule has 0 fully saturated rings. The molecule has 0 bridgehead atoms. The summed E-state index contributed by atoms with van der Waals surface area (Å²) in [5.74, 6) is 3.32. The maximum atomic E-state index is 9.75. The molecule has 0 saturated carbocycles. The van der Waals surface area contributed by atoms with E-state index in [1.54, 1.807) is 26.0 Å². The molecule has 0 radical (unpaired) electrons. The Morgan fingerprint density at radius 1 is 0.724 bits per heavy atom. The van der Waals surface area contributed by atoms with Crippen molar-refractivity contribution in [3.8, 4) is 34.1 Å². The summed E-state index contributed by atoms with van der Waals surface area (Å²) < 4.78 is 55.6. The van der Waals surface area contributed by atoms with Gasteiger partial charge in [0.15, 0.2) is 0 Å². The Balaban J connectivity index is 0.000000537. The van der Waals surface area contributed by atoms with Crippen LogP contribution in [0.15, 0.2) is 70.0 Å². The predicted molar refractivity (Wildman–Crippen MR) is 109 cm³/mol. The number of halogens is 4. The fraction of sp³-hybridized carbons (Fsp3) is 0.150. The summed E-state index contributed by atoms with van der Waals surface area (Å²) in [7, 11) is -2.68. The number of methoxy groups -OCH3 is 2. The minimum absolute atomic E-state index is 0.829. The molecule has 0 aliphatic carbocycles. The van der Waals surface area contributed by atoms with Gasteiger partial charge < -0.3 is 26.7 Å². The van der Waals surface area contributed by atoms with E-state index in [4.69, 9.17) is 13.9 Å². The van der Waals surface area contributed by atoms with Crippen LogP contribution in [0.5, 0.6) is 11.5 Å². The number of hydrogen-bond acceptors (Lipinski definition) is 3. The Morgan fingerprint density at radius 2 is 1.07 bits per heavy atom. The Labute approximate surface area is 170 Å². The fourth-order valence-electron chi connectivity index (χ4n) is 2.39. The lowest BCUT2D eigenvalue weighted by atomic mass is 10.1. The van der Waals surface area contributed by atoms with Gasteiger partial charge in [-0.15, -0.1) is 11.8 Å². The van der Waals surface area contributed by atoms with Crippen LogP contribution in [-0.4, -0.2) is 27.7 Å². The Hall–Kier alpha value is -2.68. The summed E-state index contributed by atoms with van der Waals surface area (Å²) in [5.41, 5.74) is 2.03. The topological polar surface area (TPSA) is 29.8 Å². The van der Waals surface area contributed by atoms with E-state index in [2.05, 4.69) is 18.4 Å². The van der Waals surface area contributed by atoms with Crippen molar-refractivity contribution >= 4 is 19.0 Å². The number of thioether (sulfide) groups is 1. The molecule has 29 heavy (non-hydrogen) atoms. The molecule has 1 aromatic heterocycles. The molecule has 0 amide bonds. The van der Waals surface area contributed by atoms with Crippen molar-refractivity contribution in [2.75, 3.05) is 20.5 Å². The summed E-state index contributed by atoms with van der Waals surface area (Å²) in [6.45, 7) is 0. The van der Waals surface area contributed by atoms with Gasteiger partial charge in [0.2, 0.25) is 0 Å². The number of hydrogen-bond donors (Lipinski definition) is 0. The summed E-state index contributed by atoms with van der Waals surface area (Å²) in [4.78, 5) is 1.15. The van der Waals surface area contributed by atoms with Crippen molar-refractivity contribution in [1.82, 2.24) is 0 Å². The number of ether oxygens (including phenoxy) is 2. The normalized spacial score (nSPS) is 10.7. The Kier molecular flexibility index (Phi) is 7.95. The van der Waals surface area contributed by atoms with Crippen molar-refractivity contribution in [2.45, 2.75) is 4.90 Å². The van der Waals surface area contributed by atoms with E-state index < -0.39 is 7.25 Å². The highest BCUT2D eigenvalue weighted by Gasteiger charge is 2.21. The lowest BCUT2D eigenvalue weighted by molar-refractivity contribution is 0.368. The SMILES string of the molecule is COc1ccc(-c2cc(SC)cc(-c3ccc(OC)cc3)[o+]2)cc1.F[B-](F)(F)F. The maximum Gasteiger partial charge on any atom is 0.673 e. The van der Waals surface area contributed by atoms with E-state index >= 15 is 0 Å². The molecule has 0 aliphatic rings. The second kappa shape index (κ2) is 10.2. The van der Waals surface area contributed by atoms with Crippen LogP contribution >= 0.6 is 11.8 Å².